The number of benzene rings is 3. The third kappa shape index (κ3) is 4.21. The van der Waals surface area contributed by atoms with Crippen LogP contribution in [0.5, 0.6) is 11.5 Å². The van der Waals surface area contributed by atoms with Crippen LogP contribution >= 0.6 is 0 Å². The van der Waals surface area contributed by atoms with Crippen LogP contribution in [0, 0.1) is 17.1 Å². The summed E-state index contributed by atoms with van der Waals surface area (Å²) < 4.78 is 33.3. The second-order valence-corrected chi connectivity index (χ2v) is 8.64. The number of para-hydroxylation sites is 1. The van der Waals surface area contributed by atoms with Gasteiger partial charge in [0.2, 0.25) is 0 Å². The number of rotatable bonds is 6. The number of halogens is 1. The quantitative estimate of drug-likeness (QED) is 0.314. The molecule has 0 atom stereocenters. The minimum absolute atomic E-state index is 0.270. The van der Waals surface area contributed by atoms with Crippen molar-refractivity contribution in [3.8, 4) is 17.6 Å². The maximum absolute atomic E-state index is 14.0. The first-order chi connectivity index (χ1) is 17.5. The van der Waals surface area contributed by atoms with E-state index < -0.39 is 0 Å². The minimum atomic E-state index is -0.376. The van der Waals surface area contributed by atoms with Gasteiger partial charge >= 0.3 is 0 Å². The van der Waals surface area contributed by atoms with E-state index in [-0.39, 0.29) is 12.4 Å². The summed E-state index contributed by atoms with van der Waals surface area (Å²) in [6, 6.07) is 18.8. The number of ether oxygens (including phenoxy) is 3. The van der Waals surface area contributed by atoms with Gasteiger partial charge in [0.25, 0.3) is 0 Å². The summed E-state index contributed by atoms with van der Waals surface area (Å²) in [6.45, 7) is 5.48. The van der Waals surface area contributed by atoms with Crippen LogP contribution in [0.2, 0.25) is 0 Å². The molecule has 3 aromatic carbocycles. The molecule has 1 aromatic heterocycles. The number of fused-ring (bicyclic) bond motifs is 3. The number of hydrogen-bond acceptors (Lipinski definition) is 5. The Labute approximate surface area is 209 Å². The number of aromatic nitrogens is 2. The summed E-state index contributed by atoms with van der Waals surface area (Å²) in [7, 11) is 1.65. The number of imidazole rings is 1. The summed E-state index contributed by atoms with van der Waals surface area (Å²) in [5.41, 5.74) is 6.68. The first kappa shape index (κ1) is 23.6. The van der Waals surface area contributed by atoms with E-state index in [0.29, 0.717) is 36.6 Å². The zero-order valence-corrected chi connectivity index (χ0v) is 20.5. The van der Waals surface area contributed by atoms with Gasteiger partial charge in [0.1, 0.15) is 41.9 Å². The van der Waals surface area contributed by atoms with Gasteiger partial charge in [0, 0.05) is 36.4 Å². The fraction of sp³-hybridized carbons (Fsp3) is 0.241. The molecule has 0 saturated heterocycles. The van der Waals surface area contributed by atoms with Crippen molar-refractivity contribution >= 4 is 16.6 Å². The normalized spacial score (nSPS) is 13.9. The van der Waals surface area contributed by atoms with E-state index in [4.69, 9.17) is 19.2 Å². The van der Waals surface area contributed by atoms with E-state index >= 15 is 0 Å². The Kier molecular flexibility index (Phi) is 6.45. The van der Waals surface area contributed by atoms with Gasteiger partial charge in [-0.3, -0.25) is 0 Å². The van der Waals surface area contributed by atoms with Crippen molar-refractivity contribution < 1.29 is 18.6 Å². The van der Waals surface area contributed by atoms with Gasteiger partial charge in [0.05, 0.1) is 18.2 Å². The molecule has 7 heteroatoms. The molecule has 6 nitrogen and oxygen atoms in total. The number of nitrogens with zero attached hydrogens (tertiary/aromatic N) is 3. The monoisotopic (exact) mass is 483 g/mol. The van der Waals surface area contributed by atoms with Crippen LogP contribution in [0.4, 0.5) is 4.39 Å². The number of nitriles is 1. The second kappa shape index (κ2) is 9.84. The Balaban J connectivity index is 1.59. The maximum Gasteiger partial charge on any atom is 0.147 e. The average molecular weight is 484 g/mol. The smallest absolute Gasteiger partial charge is 0.147 e. The minimum Gasteiger partial charge on any atom is -0.492 e. The molecule has 36 heavy (non-hydrogen) atoms. The van der Waals surface area contributed by atoms with Crippen LogP contribution in [0.15, 0.2) is 60.2 Å². The van der Waals surface area contributed by atoms with Crippen molar-refractivity contribution in [3.05, 3.63) is 94.1 Å². The van der Waals surface area contributed by atoms with Gasteiger partial charge < -0.3 is 18.8 Å². The van der Waals surface area contributed by atoms with Crippen molar-refractivity contribution in [2.45, 2.75) is 33.6 Å². The summed E-state index contributed by atoms with van der Waals surface area (Å²) in [5, 5.41) is 9.70. The molecule has 0 radical (unpaired) electrons. The molecule has 4 aromatic rings. The predicted molar refractivity (Wildman–Crippen MR) is 135 cm³/mol. The third-order valence-corrected chi connectivity index (χ3v) is 6.31. The predicted octanol–water partition coefficient (Wildman–Crippen LogP) is 6.01. The molecule has 0 bridgehead atoms. The highest BCUT2D eigenvalue weighted by molar-refractivity contribution is 5.88. The molecular weight excluding hydrogens is 457 g/mol. The molecule has 2 heterocycles. The summed E-state index contributed by atoms with van der Waals surface area (Å²) in [6.07, 6.45) is 0. The van der Waals surface area contributed by atoms with Gasteiger partial charge in [-0.05, 0) is 60.9 Å². The Morgan fingerprint density at radius 2 is 2.00 bits per heavy atom. The topological polar surface area (TPSA) is 69.3 Å². The van der Waals surface area contributed by atoms with Gasteiger partial charge in [-0.15, -0.1) is 0 Å². The lowest BCUT2D eigenvalue weighted by Crippen LogP contribution is -2.07. The number of methoxy groups -OCH3 is 1. The van der Waals surface area contributed by atoms with Crippen molar-refractivity contribution in [2.75, 3.05) is 13.7 Å². The molecule has 1 aliphatic rings. The summed E-state index contributed by atoms with van der Waals surface area (Å²) in [4.78, 5) is 4.81. The van der Waals surface area contributed by atoms with Crippen molar-refractivity contribution in [1.82, 2.24) is 9.55 Å². The zero-order chi connectivity index (χ0) is 25.2. The largest absolute Gasteiger partial charge is 0.492 e. The first-order valence-electron chi connectivity index (χ1n) is 11.8. The lowest BCUT2D eigenvalue weighted by Gasteiger charge is -2.14. The van der Waals surface area contributed by atoms with E-state index in [1.807, 2.05) is 37.3 Å². The van der Waals surface area contributed by atoms with Crippen LogP contribution in [-0.4, -0.2) is 23.3 Å². The van der Waals surface area contributed by atoms with Gasteiger partial charge in [0.15, 0.2) is 0 Å². The number of hydrogen-bond donors (Lipinski definition) is 0. The molecule has 0 unspecified atom stereocenters. The third-order valence-electron chi connectivity index (χ3n) is 6.31. The van der Waals surface area contributed by atoms with Crippen LogP contribution in [0.25, 0.3) is 16.6 Å². The van der Waals surface area contributed by atoms with Crippen LogP contribution in [0.3, 0.4) is 0 Å². The summed E-state index contributed by atoms with van der Waals surface area (Å²) in [5.74, 6) is 1.60. The molecule has 0 amide bonds. The molecule has 1 aliphatic heterocycles. The average Bonchev–Trinajstić information content (AvgIpc) is 3.13. The molecular formula is C29H26FN3O3. The van der Waals surface area contributed by atoms with Gasteiger partial charge in [-0.25, -0.2) is 9.37 Å². The standard InChI is InChI=1S/C29H26FN3O3/c1-4-35-25-7-5-6-24-29(25)32-27(17-34-3)33(24)15-19-8-10-22-20(12-19)16-36-26-13-21(30)9-11-23(26)28(22)18(2)14-31/h5-13H,4,15-17H2,1-3H3/b28-18-. The van der Waals surface area contributed by atoms with E-state index in [1.165, 1.54) is 12.1 Å². The molecule has 0 aliphatic carbocycles. The molecule has 0 spiro atoms. The van der Waals surface area contributed by atoms with Crippen molar-refractivity contribution in [1.29, 1.82) is 5.26 Å². The fourth-order valence-corrected chi connectivity index (χ4v) is 4.73. The van der Waals surface area contributed by atoms with Crippen molar-refractivity contribution in [3.63, 3.8) is 0 Å². The van der Waals surface area contributed by atoms with E-state index in [0.717, 1.165) is 44.9 Å². The molecule has 182 valence electrons. The second-order valence-electron chi connectivity index (χ2n) is 8.64. The Hall–Kier alpha value is -4.15. The Morgan fingerprint density at radius 3 is 2.78 bits per heavy atom. The SMILES string of the molecule is CCOc1cccc2c1nc(COC)n2Cc1ccc2c(c1)COc1cc(F)ccc1/C2=C(/C)C#N. The maximum atomic E-state index is 14.0. The zero-order valence-electron chi connectivity index (χ0n) is 20.5. The van der Waals surface area contributed by atoms with Crippen LogP contribution in [-0.2, 0) is 24.5 Å². The fourth-order valence-electron chi connectivity index (χ4n) is 4.73. The van der Waals surface area contributed by atoms with E-state index in [2.05, 4.69) is 16.7 Å². The molecule has 5 rings (SSSR count). The Morgan fingerprint density at radius 1 is 1.17 bits per heavy atom. The Bertz CT molecular complexity index is 1530. The molecule has 0 saturated carbocycles. The lowest BCUT2D eigenvalue weighted by atomic mass is 9.90. The van der Waals surface area contributed by atoms with Crippen molar-refractivity contribution in [2.24, 2.45) is 0 Å². The lowest BCUT2D eigenvalue weighted by molar-refractivity contribution is 0.175. The molecule has 0 fully saturated rings. The highest BCUT2D eigenvalue weighted by Crippen LogP contribution is 2.39. The van der Waals surface area contributed by atoms with Crippen LogP contribution in [0.1, 0.15) is 41.9 Å². The van der Waals surface area contributed by atoms with Crippen LogP contribution < -0.4 is 9.47 Å². The molecule has 0 N–H and O–H groups in total. The first-order valence-corrected chi connectivity index (χ1v) is 11.8. The number of allylic oxidation sites excluding steroid dienone is 1. The van der Waals surface area contributed by atoms with E-state index in [1.54, 1.807) is 20.1 Å². The van der Waals surface area contributed by atoms with Gasteiger partial charge in [-0.2, -0.15) is 5.26 Å². The summed E-state index contributed by atoms with van der Waals surface area (Å²) >= 11 is 0. The van der Waals surface area contributed by atoms with E-state index in [9.17, 15) is 9.65 Å². The highest BCUT2D eigenvalue weighted by atomic mass is 19.1. The highest BCUT2D eigenvalue weighted by Gasteiger charge is 2.23. The van der Waals surface area contributed by atoms with Gasteiger partial charge in [-0.1, -0.05) is 18.2 Å².